The maximum absolute atomic E-state index is 14.0. The Labute approximate surface area is 162 Å². The molecule has 1 heterocycles. The molecule has 0 radical (unpaired) electrons. The molecule has 0 bridgehead atoms. The lowest BCUT2D eigenvalue weighted by Gasteiger charge is -2.18. The van der Waals surface area contributed by atoms with Gasteiger partial charge in [-0.05, 0) is 24.1 Å². The molecule has 146 valence electrons. The number of rotatable bonds is 7. The van der Waals surface area contributed by atoms with Crippen molar-refractivity contribution in [3.05, 3.63) is 78.4 Å². The Kier molecular flexibility index (Phi) is 5.86. The normalized spacial score (nSPS) is 12.5. The lowest BCUT2D eigenvalue weighted by Crippen LogP contribution is -2.45. The Hall–Kier alpha value is -3.04. The van der Waals surface area contributed by atoms with Gasteiger partial charge in [-0.3, -0.25) is 9.48 Å². The standard InChI is InChI=1S/C19H19FN4O3S/c1-24-13-15(12-21-24)22-19(25)17(11-14-7-3-2-4-8-14)23-28(26,27)18-10-6-5-9-16(18)20/h2-10,12-13,17,23H,11H2,1H3,(H,22,25)/t17-/m0/s1. The van der Waals surface area contributed by atoms with Gasteiger partial charge in [0, 0.05) is 13.2 Å². The number of hydrogen-bond acceptors (Lipinski definition) is 4. The monoisotopic (exact) mass is 402 g/mol. The first-order valence-electron chi connectivity index (χ1n) is 8.45. The molecule has 1 amide bonds. The molecule has 1 aromatic heterocycles. The highest BCUT2D eigenvalue weighted by Crippen LogP contribution is 2.16. The summed E-state index contributed by atoms with van der Waals surface area (Å²) in [6.07, 6.45) is 3.13. The van der Waals surface area contributed by atoms with Crippen molar-refractivity contribution in [2.24, 2.45) is 7.05 Å². The first kappa shape index (κ1) is 19.7. The number of amides is 1. The Morgan fingerprint density at radius 2 is 1.82 bits per heavy atom. The Morgan fingerprint density at radius 3 is 2.46 bits per heavy atom. The topological polar surface area (TPSA) is 93.1 Å². The molecule has 0 fully saturated rings. The molecule has 1 atom stereocenters. The minimum Gasteiger partial charge on any atom is -0.322 e. The maximum Gasteiger partial charge on any atom is 0.244 e. The van der Waals surface area contributed by atoms with E-state index in [-0.39, 0.29) is 6.42 Å². The van der Waals surface area contributed by atoms with Gasteiger partial charge >= 0.3 is 0 Å². The molecule has 0 unspecified atom stereocenters. The molecule has 3 rings (SSSR count). The van der Waals surface area contributed by atoms with Gasteiger partial charge in [-0.2, -0.15) is 9.82 Å². The second kappa shape index (κ2) is 8.32. The van der Waals surface area contributed by atoms with E-state index in [2.05, 4.69) is 15.1 Å². The minimum absolute atomic E-state index is 0.0978. The molecule has 0 saturated carbocycles. The fourth-order valence-corrected chi connectivity index (χ4v) is 3.94. The van der Waals surface area contributed by atoms with Crippen LogP contribution in [0.4, 0.5) is 10.1 Å². The lowest BCUT2D eigenvalue weighted by molar-refractivity contribution is -0.117. The van der Waals surface area contributed by atoms with E-state index in [1.54, 1.807) is 37.5 Å². The van der Waals surface area contributed by atoms with Crippen molar-refractivity contribution in [1.82, 2.24) is 14.5 Å². The number of carbonyl (C=O) groups excluding carboxylic acids is 1. The fourth-order valence-electron chi connectivity index (χ4n) is 2.67. The van der Waals surface area contributed by atoms with Crippen LogP contribution in [-0.2, 0) is 28.3 Å². The summed E-state index contributed by atoms with van der Waals surface area (Å²) in [6, 6.07) is 12.8. The number of aryl methyl sites for hydroxylation is 1. The molecule has 0 saturated heterocycles. The predicted octanol–water partition coefficient (Wildman–Crippen LogP) is 2.09. The van der Waals surface area contributed by atoms with Gasteiger partial charge in [-0.1, -0.05) is 42.5 Å². The van der Waals surface area contributed by atoms with Crippen LogP contribution in [0.15, 0.2) is 71.9 Å². The summed E-state index contributed by atoms with van der Waals surface area (Å²) in [5.41, 5.74) is 1.18. The van der Waals surface area contributed by atoms with Crippen LogP contribution in [0.25, 0.3) is 0 Å². The highest BCUT2D eigenvalue weighted by molar-refractivity contribution is 7.89. The molecule has 3 aromatic rings. The zero-order valence-electron chi connectivity index (χ0n) is 15.0. The summed E-state index contributed by atoms with van der Waals surface area (Å²) in [5.74, 6) is -1.46. The molecule has 0 aliphatic carbocycles. The molecule has 28 heavy (non-hydrogen) atoms. The van der Waals surface area contributed by atoms with Crippen LogP contribution < -0.4 is 10.0 Å². The second-order valence-corrected chi connectivity index (χ2v) is 7.87. The summed E-state index contributed by atoms with van der Waals surface area (Å²) in [5, 5.41) is 6.59. The van der Waals surface area contributed by atoms with Gasteiger partial charge in [-0.25, -0.2) is 12.8 Å². The minimum atomic E-state index is -4.25. The molecule has 2 aromatic carbocycles. The second-order valence-electron chi connectivity index (χ2n) is 6.19. The first-order valence-corrected chi connectivity index (χ1v) is 9.94. The van der Waals surface area contributed by atoms with E-state index in [1.807, 2.05) is 6.07 Å². The van der Waals surface area contributed by atoms with Crippen molar-refractivity contribution in [2.45, 2.75) is 17.4 Å². The average Bonchev–Trinajstić information content (AvgIpc) is 3.07. The van der Waals surface area contributed by atoms with Crippen molar-refractivity contribution in [3.63, 3.8) is 0 Å². The molecule has 0 spiro atoms. The number of nitrogens with one attached hydrogen (secondary N) is 2. The van der Waals surface area contributed by atoms with E-state index in [0.717, 1.165) is 17.7 Å². The van der Waals surface area contributed by atoms with Gasteiger partial charge in [-0.15, -0.1) is 0 Å². The summed E-state index contributed by atoms with van der Waals surface area (Å²) in [6.45, 7) is 0. The van der Waals surface area contributed by atoms with Crippen LogP contribution in [0.2, 0.25) is 0 Å². The van der Waals surface area contributed by atoms with Crippen LogP contribution in [0, 0.1) is 5.82 Å². The Bertz CT molecular complexity index is 1070. The van der Waals surface area contributed by atoms with E-state index in [0.29, 0.717) is 5.69 Å². The van der Waals surface area contributed by atoms with Crippen molar-refractivity contribution < 1.29 is 17.6 Å². The third kappa shape index (κ3) is 4.81. The van der Waals surface area contributed by atoms with E-state index in [1.165, 1.54) is 23.0 Å². The number of anilines is 1. The van der Waals surface area contributed by atoms with Crippen molar-refractivity contribution in [3.8, 4) is 0 Å². The third-order valence-corrected chi connectivity index (χ3v) is 5.50. The zero-order chi connectivity index (χ0) is 20.1. The van der Waals surface area contributed by atoms with Gasteiger partial charge in [0.05, 0.1) is 11.9 Å². The van der Waals surface area contributed by atoms with Gasteiger partial charge in [0.25, 0.3) is 0 Å². The molecule has 0 aliphatic heterocycles. The van der Waals surface area contributed by atoms with Gasteiger partial charge < -0.3 is 5.32 Å². The number of benzene rings is 2. The van der Waals surface area contributed by atoms with Crippen molar-refractivity contribution in [2.75, 3.05) is 5.32 Å². The van der Waals surface area contributed by atoms with Crippen LogP contribution in [0.1, 0.15) is 5.56 Å². The maximum atomic E-state index is 14.0. The molecule has 2 N–H and O–H groups in total. The van der Waals surface area contributed by atoms with E-state index < -0.39 is 32.7 Å². The summed E-state index contributed by atoms with van der Waals surface area (Å²) in [4.78, 5) is 12.2. The Morgan fingerprint density at radius 1 is 1.14 bits per heavy atom. The Balaban J connectivity index is 1.87. The highest BCUT2D eigenvalue weighted by atomic mass is 32.2. The highest BCUT2D eigenvalue weighted by Gasteiger charge is 2.28. The van der Waals surface area contributed by atoms with Crippen LogP contribution >= 0.6 is 0 Å². The van der Waals surface area contributed by atoms with Crippen LogP contribution in [0.3, 0.4) is 0 Å². The third-order valence-electron chi connectivity index (χ3n) is 4.00. The van der Waals surface area contributed by atoms with Crippen LogP contribution in [0.5, 0.6) is 0 Å². The van der Waals surface area contributed by atoms with Gasteiger partial charge in [0.1, 0.15) is 16.8 Å². The molecule has 0 aliphatic rings. The summed E-state index contributed by atoms with van der Waals surface area (Å²) < 4.78 is 43.1. The van der Waals surface area contributed by atoms with E-state index >= 15 is 0 Å². The summed E-state index contributed by atoms with van der Waals surface area (Å²) >= 11 is 0. The molecule has 9 heteroatoms. The number of sulfonamides is 1. The molecular formula is C19H19FN4O3S. The quantitative estimate of drug-likeness (QED) is 0.633. The van der Waals surface area contributed by atoms with Gasteiger partial charge in [0.15, 0.2) is 0 Å². The lowest BCUT2D eigenvalue weighted by atomic mass is 10.1. The van der Waals surface area contributed by atoms with E-state index in [9.17, 15) is 17.6 Å². The number of halogens is 1. The van der Waals surface area contributed by atoms with Crippen LogP contribution in [-0.4, -0.2) is 30.1 Å². The first-order chi connectivity index (χ1) is 13.3. The average molecular weight is 402 g/mol. The number of hydrogen-bond donors (Lipinski definition) is 2. The summed E-state index contributed by atoms with van der Waals surface area (Å²) in [7, 11) is -2.56. The zero-order valence-corrected chi connectivity index (χ0v) is 15.9. The SMILES string of the molecule is Cn1cc(NC(=O)[C@H](Cc2ccccc2)NS(=O)(=O)c2ccccc2F)cn1. The number of carbonyl (C=O) groups is 1. The van der Waals surface area contributed by atoms with Gasteiger partial charge in [0.2, 0.25) is 15.9 Å². The van der Waals surface area contributed by atoms with E-state index in [4.69, 9.17) is 0 Å². The van der Waals surface area contributed by atoms with Crippen molar-refractivity contribution in [1.29, 1.82) is 0 Å². The number of nitrogens with zero attached hydrogens (tertiary/aromatic N) is 2. The predicted molar refractivity (Wildman–Crippen MR) is 102 cm³/mol. The fraction of sp³-hybridized carbons (Fsp3) is 0.158. The largest absolute Gasteiger partial charge is 0.322 e. The number of aromatic nitrogens is 2. The smallest absolute Gasteiger partial charge is 0.244 e. The molecule has 7 nitrogen and oxygen atoms in total. The van der Waals surface area contributed by atoms with Crippen molar-refractivity contribution >= 4 is 21.6 Å². The molecular weight excluding hydrogens is 383 g/mol.